The number of ether oxygens (including phenoxy) is 2. The summed E-state index contributed by atoms with van der Waals surface area (Å²) < 4.78 is 10.7. The molecule has 3 aromatic carbocycles. The number of aryl methyl sites for hydroxylation is 1. The van der Waals surface area contributed by atoms with E-state index in [1.54, 1.807) is 18.2 Å². The fourth-order valence-corrected chi connectivity index (χ4v) is 3.49. The summed E-state index contributed by atoms with van der Waals surface area (Å²) >= 11 is 0. The van der Waals surface area contributed by atoms with Crippen LogP contribution in [0.25, 0.3) is 5.57 Å². The molecule has 0 fully saturated rings. The molecular formula is C25H22N2O4. The molecule has 31 heavy (non-hydrogen) atoms. The highest BCUT2D eigenvalue weighted by Gasteiger charge is 2.41. The Balaban J connectivity index is 1.85. The van der Waals surface area contributed by atoms with Gasteiger partial charge in [-0.1, -0.05) is 48.0 Å². The molecule has 0 bridgehead atoms. The molecule has 6 heteroatoms. The molecule has 0 unspecified atom stereocenters. The van der Waals surface area contributed by atoms with Crippen LogP contribution in [0.5, 0.6) is 11.5 Å². The van der Waals surface area contributed by atoms with Gasteiger partial charge in [-0.05, 0) is 36.8 Å². The van der Waals surface area contributed by atoms with E-state index in [9.17, 15) is 9.59 Å². The third-order valence-electron chi connectivity index (χ3n) is 5.09. The Bertz CT molecular complexity index is 1170. The molecule has 1 heterocycles. The van der Waals surface area contributed by atoms with Gasteiger partial charge in [0.05, 0.1) is 25.5 Å². The summed E-state index contributed by atoms with van der Waals surface area (Å²) in [4.78, 5) is 28.2. The van der Waals surface area contributed by atoms with Crippen LogP contribution in [0.2, 0.25) is 0 Å². The Morgan fingerprint density at radius 1 is 0.806 bits per heavy atom. The van der Waals surface area contributed by atoms with Crippen molar-refractivity contribution in [2.75, 3.05) is 24.4 Å². The molecule has 0 saturated heterocycles. The molecule has 0 radical (unpaired) electrons. The third kappa shape index (κ3) is 3.75. The monoisotopic (exact) mass is 414 g/mol. The normalized spacial score (nSPS) is 13.6. The lowest BCUT2D eigenvalue weighted by Crippen LogP contribution is -2.32. The summed E-state index contributed by atoms with van der Waals surface area (Å²) in [5.74, 6) is 0.0132. The molecule has 4 rings (SSSR count). The van der Waals surface area contributed by atoms with Crippen molar-refractivity contribution in [1.82, 2.24) is 0 Å². The summed E-state index contributed by atoms with van der Waals surface area (Å²) in [5, 5.41) is 3.15. The first-order valence-corrected chi connectivity index (χ1v) is 9.77. The number of amides is 2. The van der Waals surface area contributed by atoms with E-state index in [1.807, 2.05) is 61.5 Å². The number of carbonyl (C=O) groups excluding carboxylic acids is 2. The molecule has 0 spiro atoms. The molecule has 0 saturated carbocycles. The highest BCUT2D eigenvalue weighted by Crippen LogP contribution is 2.39. The van der Waals surface area contributed by atoms with Crippen molar-refractivity contribution in [2.45, 2.75) is 6.92 Å². The number of hydrogen-bond donors (Lipinski definition) is 1. The zero-order chi connectivity index (χ0) is 22.0. The van der Waals surface area contributed by atoms with Crippen LogP contribution in [0, 0.1) is 6.92 Å². The van der Waals surface area contributed by atoms with Crippen LogP contribution >= 0.6 is 0 Å². The summed E-state index contributed by atoms with van der Waals surface area (Å²) in [5.41, 5.74) is 3.27. The third-order valence-corrected chi connectivity index (χ3v) is 5.09. The number of anilines is 2. The Labute approximate surface area is 180 Å². The van der Waals surface area contributed by atoms with Crippen LogP contribution in [-0.2, 0) is 9.59 Å². The van der Waals surface area contributed by atoms with Gasteiger partial charge in [-0.2, -0.15) is 0 Å². The van der Waals surface area contributed by atoms with Gasteiger partial charge in [-0.25, -0.2) is 4.90 Å². The molecule has 2 amide bonds. The van der Waals surface area contributed by atoms with Gasteiger partial charge in [-0.15, -0.1) is 0 Å². The zero-order valence-corrected chi connectivity index (χ0v) is 17.5. The molecule has 0 aromatic heterocycles. The lowest BCUT2D eigenvalue weighted by Gasteiger charge is -2.19. The molecule has 0 atom stereocenters. The second-order valence-electron chi connectivity index (χ2n) is 7.09. The lowest BCUT2D eigenvalue weighted by atomic mass is 10.0. The van der Waals surface area contributed by atoms with Gasteiger partial charge >= 0.3 is 0 Å². The van der Waals surface area contributed by atoms with Gasteiger partial charge in [-0.3, -0.25) is 9.59 Å². The Hall–Kier alpha value is -4.06. The van der Waals surface area contributed by atoms with Gasteiger partial charge < -0.3 is 14.8 Å². The first kappa shape index (κ1) is 20.2. The zero-order valence-electron chi connectivity index (χ0n) is 17.5. The van der Waals surface area contributed by atoms with E-state index in [0.29, 0.717) is 34.0 Å². The molecule has 3 aromatic rings. The molecule has 1 N–H and O–H groups in total. The molecule has 1 aliphatic heterocycles. The second-order valence-corrected chi connectivity index (χ2v) is 7.09. The number of nitrogens with zero attached hydrogens (tertiary/aromatic N) is 1. The number of benzene rings is 3. The number of hydrogen-bond acceptors (Lipinski definition) is 5. The van der Waals surface area contributed by atoms with Crippen LogP contribution in [0.3, 0.4) is 0 Å². The summed E-state index contributed by atoms with van der Waals surface area (Å²) in [6, 6.07) is 21.8. The largest absolute Gasteiger partial charge is 0.497 e. The van der Waals surface area contributed by atoms with Gasteiger partial charge in [0.15, 0.2) is 0 Å². The highest BCUT2D eigenvalue weighted by molar-refractivity contribution is 6.46. The van der Waals surface area contributed by atoms with E-state index in [1.165, 1.54) is 14.2 Å². The number of para-hydroxylation sites is 1. The van der Waals surface area contributed by atoms with E-state index in [0.717, 1.165) is 10.5 Å². The van der Waals surface area contributed by atoms with Crippen molar-refractivity contribution in [3.8, 4) is 11.5 Å². The van der Waals surface area contributed by atoms with Crippen molar-refractivity contribution >= 4 is 28.8 Å². The maximum absolute atomic E-state index is 13.6. The van der Waals surface area contributed by atoms with Crippen LogP contribution < -0.4 is 19.7 Å². The van der Waals surface area contributed by atoms with Gasteiger partial charge in [0.25, 0.3) is 11.8 Å². The van der Waals surface area contributed by atoms with Crippen molar-refractivity contribution in [3.05, 3.63) is 89.6 Å². The fourth-order valence-electron chi connectivity index (χ4n) is 3.49. The molecule has 156 valence electrons. The predicted molar refractivity (Wildman–Crippen MR) is 120 cm³/mol. The highest BCUT2D eigenvalue weighted by atomic mass is 16.5. The summed E-state index contributed by atoms with van der Waals surface area (Å²) in [6.45, 7) is 1.97. The lowest BCUT2D eigenvalue weighted by molar-refractivity contribution is -0.120. The quantitative estimate of drug-likeness (QED) is 0.605. The van der Waals surface area contributed by atoms with Crippen LogP contribution in [0.1, 0.15) is 11.1 Å². The Kier molecular flexibility index (Phi) is 5.45. The number of nitrogens with one attached hydrogen (secondary N) is 1. The predicted octanol–water partition coefficient (Wildman–Crippen LogP) is 4.41. The number of imide groups is 1. The van der Waals surface area contributed by atoms with Gasteiger partial charge in [0, 0.05) is 11.8 Å². The van der Waals surface area contributed by atoms with E-state index in [4.69, 9.17) is 9.47 Å². The maximum atomic E-state index is 13.6. The minimum Gasteiger partial charge on any atom is -0.497 e. The maximum Gasteiger partial charge on any atom is 0.282 e. The average molecular weight is 414 g/mol. The number of carbonyl (C=O) groups is 2. The molecule has 6 nitrogen and oxygen atoms in total. The van der Waals surface area contributed by atoms with Crippen LogP contribution in [0.4, 0.5) is 11.4 Å². The average Bonchev–Trinajstić information content (AvgIpc) is 3.04. The standard InChI is InChI=1S/C25H22N2O4/c1-16-9-11-17(12-10-16)22-23(26-18-7-5-4-6-8-18)25(29)27(24(22)28)20-15-19(30-2)13-14-21(20)31-3/h4-15,26H,1-3H3. The SMILES string of the molecule is COc1ccc(OC)c(N2C(=O)C(Nc3ccccc3)=C(c3ccc(C)cc3)C2=O)c1. The number of rotatable bonds is 6. The summed E-state index contributed by atoms with van der Waals surface area (Å²) in [6.07, 6.45) is 0. The van der Waals surface area contributed by atoms with Crippen LogP contribution in [0.15, 0.2) is 78.5 Å². The summed E-state index contributed by atoms with van der Waals surface area (Å²) in [7, 11) is 3.02. The minimum atomic E-state index is -0.462. The topological polar surface area (TPSA) is 67.9 Å². The second kappa shape index (κ2) is 8.36. The smallest absolute Gasteiger partial charge is 0.282 e. The van der Waals surface area contributed by atoms with E-state index in [-0.39, 0.29) is 5.70 Å². The molecule has 0 aliphatic carbocycles. The van der Waals surface area contributed by atoms with E-state index in [2.05, 4.69) is 5.32 Å². The van der Waals surface area contributed by atoms with Crippen LogP contribution in [-0.4, -0.2) is 26.0 Å². The van der Waals surface area contributed by atoms with Crippen molar-refractivity contribution in [2.24, 2.45) is 0 Å². The first-order chi connectivity index (χ1) is 15.0. The van der Waals surface area contributed by atoms with Crippen molar-refractivity contribution in [3.63, 3.8) is 0 Å². The Morgan fingerprint density at radius 3 is 2.16 bits per heavy atom. The molecular weight excluding hydrogens is 392 g/mol. The van der Waals surface area contributed by atoms with Gasteiger partial charge in [0.1, 0.15) is 17.2 Å². The first-order valence-electron chi connectivity index (χ1n) is 9.77. The van der Waals surface area contributed by atoms with E-state index >= 15 is 0 Å². The van der Waals surface area contributed by atoms with Gasteiger partial charge in [0.2, 0.25) is 0 Å². The van der Waals surface area contributed by atoms with Crippen molar-refractivity contribution in [1.29, 1.82) is 0 Å². The minimum absolute atomic E-state index is 0.213. The molecule has 1 aliphatic rings. The van der Waals surface area contributed by atoms with E-state index < -0.39 is 11.8 Å². The number of methoxy groups -OCH3 is 2. The fraction of sp³-hybridized carbons (Fsp3) is 0.120. The Morgan fingerprint density at radius 2 is 1.52 bits per heavy atom. The van der Waals surface area contributed by atoms with Crippen molar-refractivity contribution < 1.29 is 19.1 Å².